The average Bonchev–Trinajstić information content (AvgIpc) is 2.94. The first-order valence-corrected chi connectivity index (χ1v) is 6.91. The zero-order valence-electron chi connectivity index (χ0n) is 11.8. The van der Waals surface area contributed by atoms with E-state index in [-0.39, 0.29) is 0 Å². The predicted molar refractivity (Wildman–Crippen MR) is 82.2 cm³/mol. The number of hydrogen-bond acceptors (Lipinski definition) is 4. The number of nitrogens with zero attached hydrogens (tertiary/aromatic N) is 3. The molecule has 0 aliphatic carbocycles. The fourth-order valence-corrected chi connectivity index (χ4v) is 2.26. The Morgan fingerprint density at radius 2 is 2.09 bits per heavy atom. The number of methoxy groups -OCH3 is 1. The molecule has 0 aliphatic heterocycles. The van der Waals surface area contributed by atoms with Gasteiger partial charge in [0.25, 0.3) is 0 Å². The van der Waals surface area contributed by atoms with E-state index in [0.29, 0.717) is 28.7 Å². The number of nitriles is 1. The lowest BCUT2D eigenvalue weighted by atomic mass is 10.2. The van der Waals surface area contributed by atoms with Gasteiger partial charge in [-0.1, -0.05) is 11.6 Å². The molecule has 2 heterocycles. The van der Waals surface area contributed by atoms with Crippen LogP contribution in [0.2, 0.25) is 5.02 Å². The zero-order valence-corrected chi connectivity index (χ0v) is 12.5. The van der Waals surface area contributed by atoms with Crippen LogP contribution in [0.4, 0.5) is 0 Å². The Kier molecular flexibility index (Phi) is 3.86. The highest BCUT2D eigenvalue weighted by atomic mass is 35.5. The van der Waals surface area contributed by atoms with E-state index in [9.17, 15) is 0 Å². The first-order valence-electron chi connectivity index (χ1n) is 6.53. The van der Waals surface area contributed by atoms with Crippen molar-refractivity contribution in [3.63, 3.8) is 0 Å². The fraction of sp³-hybridized carbons (Fsp3) is 0.125. The van der Waals surface area contributed by atoms with Crippen molar-refractivity contribution in [2.75, 3.05) is 7.11 Å². The highest BCUT2D eigenvalue weighted by molar-refractivity contribution is 6.30. The Labute approximate surface area is 132 Å². The Morgan fingerprint density at radius 1 is 1.23 bits per heavy atom. The van der Waals surface area contributed by atoms with Gasteiger partial charge in [0.1, 0.15) is 12.3 Å². The van der Waals surface area contributed by atoms with E-state index in [1.165, 1.54) is 7.11 Å². The fourth-order valence-electron chi connectivity index (χ4n) is 2.09. The molecule has 0 spiro atoms. The highest BCUT2D eigenvalue weighted by Gasteiger charge is 2.08. The molecule has 0 saturated heterocycles. The minimum Gasteiger partial charge on any atom is -0.493 e. The molecule has 5 nitrogen and oxygen atoms in total. The minimum absolute atomic E-state index is 0.293. The summed E-state index contributed by atoms with van der Waals surface area (Å²) in [6, 6.07) is 10.7. The zero-order chi connectivity index (χ0) is 15.5. The molecule has 0 amide bonds. The minimum atomic E-state index is 0.293. The van der Waals surface area contributed by atoms with Crippen LogP contribution in [0.3, 0.4) is 0 Å². The number of imidazole rings is 1. The number of rotatable bonds is 4. The largest absolute Gasteiger partial charge is 0.493 e. The van der Waals surface area contributed by atoms with Gasteiger partial charge in [-0.2, -0.15) is 5.26 Å². The summed E-state index contributed by atoms with van der Waals surface area (Å²) in [5, 5.41) is 9.53. The van der Waals surface area contributed by atoms with Crippen molar-refractivity contribution < 1.29 is 9.47 Å². The lowest BCUT2D eigenvalue weighted by molar-refractivity contribution is 0.281. The monoisotopic (exact) mass is 313 g/mol. The summed E-state index contributed by atoms with van der Waals surface area (Å²) in [6.45, 7) is 0.293. The molecule has 22 heavy (non-hydrogen) atoms. The summed E-state index contributed by atoms with van der Waals surface area (Å²) in [5.41, 5.74) is 2.09. The van der Waals surface area contributed by atoms with E-state index in [4.69, 9.17) is 26.3 Å². The van der Waals surface area contributed by atoms with Crippen molar-refractivity contribution >= 4 is 17.2 Å². The van der Waals surface area contributed by atoms with Gasteiger partial charge in [-0.05, 0) is 24.3 Å². The van der Waals surface area contributed by atoms with Crippen LogP contribution in [0.1, 0.15) is 11.3 Å². The highest BCUT2D eigenvalue weighted by Crippen LogP contribution is 2.28. The topological polar surface area (TPSA) is 59.5 Å². The molecule has 110 valence electrons. The Bertz CT molecular complexity index is 867. The van der Waals surface area contributed by atoms with Crippen LogP contribution in [-0.2, 0) is 6.61 Å². The van der Waals surface area contributed by atoms with Crippen molar-refractivity contribution in [3.8, 4) is 17.6 Å². The van der Waals surface area contributed by atoms with Gasteiger partial charge in [0, 0.05) is 18.5 Å². The molecule has 0 radical (unpaired) electrons. The molecule has 1 aromatic carbocycles. The van der Waals surface area contributed by atoms with Gasteiger partial charge >= 0.3 is 0 Å². The maximum Gasteiger partial charge on any atom is 0.162 e. The third-order valence-electron chi connectivity index (χ3n) is 3.13. The quantitative estimate of drug-likeness (QED) is 0.740. The molecule has 2 aromatic heterocycles. The van der Waals surface area contributed by atoms with Gasteiger partial charge in [0.15, 0.2) is 11.5 Å². The van der Waals surface area contributed by atoms with E-state index in [2.05, 4.69) is 11.1 Å². The molecule has 0 N–H and O–H groups in total. The summed E-state index contributed by atoms with van der Waals surface area (Å²) in [6.07, 6.45) is 3.65. The number of hydrogen-bond donors (Lipinski definition) is 0. The molecule has 3 aromatic rings. The van der Waals surface area contributed by atoms with Crippen molar-refractivity contribution in [1.82, 2.24) is 9.38 Å². The summed E-state index contributed by atoms with van der Waals surface area (Å²) in [7, 11) is 1.54. The lowest BCUT2D eigenvalue weighted by Crippen LogP contribution is -1.98. The number of benzene rings is 1. The standard InChI is InChI=1S/C16H12ClN3O2/c1-21-15-6-11(7-18)2-4-14(15)22-10-13-9-20-8-12(17)3-5-16(20)19-13/h2-6,8-9H,10H2,1H3. The second kappa shape index (κ2) is 5.96. The van der Waals surface area contributed by atoms with E-state index in [0.717, 1.165) is 11.3 Å². The number of aromatic nitrogens is 2. The number of fused-ring (bicyclic) bond motifs is 1. The summed E-state index contributed by atoms with van der Waals surface area (Å²) < 4.78 is 12.8. The first kappa shape index (κ1) is 14.2. The first-order chi connectivity index (χ1) is 10.7. The Morgan fingerprint density at radius 3 is 2.86 bits per heavy atom. The van der Waals surface area contributed by atoms with Crippen molar-refractivity contribution in [3.05, 3.63) is 59.0 Å². The van der Waals surface area contributed by atoms with Gasteiger partial charge in [-0.25, -0.2) is 4.98 Å². The molecule has 3 rings (SSSR count). The lowest BCUT2D eigenvalue weighted by Gasteiger charge is -2.09. The van der Waals surface area contributed by atoms with E-state index in [1.807, 2.05) is 16.7 Å². The van der Waals surface area contributed by atoms with Crippen LogP contribution in [-0.4, -0.2) is 16.5 Å². The van der Waals surface area contributed by atoms with Gasteiger partial charge in [-0.15, -0.1) is 0 Å². The SMILES string of the molecule is COc1cc(C#N)ccc1OCc1cn2cc(Cl)ccc2n1. The van der Waals surface area contributed by atoms with Gasteiger partial charge in [0.05, 0.1) is 29.5 Å². The summed E-state index contributed by atoms with van der Waals surface area (Å²) in [5.74, 6) is 1.09. The maximum absolute atomic E-state index is 8.89. The van der Waals surface area contributed by atoms with Crippen LogP contribution in [0, 0.1) is 11.3 Å². The molecule has 0 fully saturated rings. The molecule has 0 unspecified atom stereocenters. The second-order valence-electron chi connectivity index (χ2n) is 4.61. The van der Waals surface area contributed by atoms with Crippen molar-refractivity contribution in [1.29, 1.82) is 5.26 Å². The molecular formula is C16H12ClN3O2. The second-order valence-corrected chi connectivity index (χ2v) is 5.05. The van der Waals surface area contributed by atoms with Crippen molar-refractivity contribution in [2.45, 2.75) is 6.61 Å². The van der Waals surface area contributed by atoms with E-state index < -0.39 is 0 Å². The van der Waals surface area contributed by atoms with Crippen molar-refractivity contribution in [2.24, 2.45) is 0 Å². The molecule has 0 bridgehead atoms. The van der Waals surface area contributed by atoms with Crippen LogP contribution < -0.4 is 9.47 Å². The molecule has 0 aliphatic rings. The smallest absolute Gasteiger partial charge is 0.162 e. The molecule has 0 saturated carbocycles. The van der Waals surface area contributed by atoms with Gasteiger partial charge in [0.2, 0.25) is 0 Å². The number of halogens is 1. The van der Waals surface area contributed by atoms with E-state index in [1.54, 1.807) is 30.5 Å². The molecular weight excluding hydrogens is 302 g/mol. The maximum atomic E-state index is 8.89. The average molecular weight is 314 g/mol. The van der Waals surface area contributed by atoms with Crippen LogP contribution in [0.5, 0.6) is 11.5 Å². The molecule has 0 atom stereocenters. The third-order valence-corrected chi connectivity index (χ3v) is 3.36. The van der Waals surface area contributed by atoms with Crippen LogP contribution in [0.15, 0.2) is 42.7 Å². The van der Waals surface area contributed by atoms with Gasteiger partial charge in [-0.3, -0.25) is 0 Å². The molecule has 6 heteroatoms. The summed E-state index contributed by atoms with van der Waals surface area (Å²) in [4.78, 5) is 4.44. The van der Waals surface area contributed by atoms with E-state index >= 15 is 0 Å². The van der Waals surface area contributed by atoms with Gasteiger partial charge < -0.3 is 13.9 Å². The normalized spacial score (nSPS) is 10.4. The van der Waals surface area contributed by atoms with Crippen LogP contribution >= 0.6 is 11.6 Å². The predicted octanol–water partition coefficient (Wildman–Crippen LogP) is 3.45. The van der Waals surface area contributed by atoms with Crippen LogP contribution in [0.25, 0.3) is 5.65 Å². The Hall–Kier alpha value is -2.71. The Balaban J connectivity index is 1.80. The summed E-state index contributed by atoms with van der Waals surface area (Å²) >= 11 is 5.95. The number of pyridine rings is 1. The number of ether oxygens (including phenoxy) is 2. The third kappa shape index (κ3) is 2.83.